The van der Waals surface area contributed by atoms with Crippen molar-refractivity contribution < 1.29 is 18.7 Å². The smallest absolute Gasteiger partial charge is 0.315 e. The molecule has 0 aliphatic heterocycles. The predicted molar refractivity (Wildman–Crippen MR) is 92.5 cm³/mol. The number of benzene rings is 2. The number of aryl methyl sites for hydroxylation is 1. The molecule has 0 saturated heterocycles. The third-order valence-electron chi connectivity index (χ3n) is 4.10. The van der Waals surface area contributed by atoms with Crippen molar-refractivity contribution in [2.24, 2.45) is 0 Å². The van der Waals surface area contributed by atoms with Gasteiger partial charge in [0.1, 0.15) is 17.2 Å². The second-order valence-electron chi connectivity index (χ2n) is 5.76. The number of aliphatic hydroxyl groups excluding tert-OH is 1. The van der Waals surface area contributed by atoms with Crippen LogP contribution in [0.1, 0.15) is 22.9 Å². The number of amides is 2. The monoisotopic (exact) mass is 342 g/mol. The Morgan fingerprint density at radius 3 is 2.72 bits per heavy atom. The van der Waals surface area contributed by atoms with Crippen LogP contribution in [-0.2, 0) is 6.54 Å². The van der Waals surface area contributed by atoms with Crippen molar-refractivity contribution >= 4 is 17.0 Å². The first kappa shape index (κ1) is 17.0. The van der Waals surface area contributed by atoms with E-state index in [1.54, 1.807) is 6.07 Å². The van der Waals surface area contributed by atoms with Crippen molar-refractivity contribution in [2.45, 2.75) is 19.5 Å². The number of carbonyl (C=O) groups is 1. The number of rotatable bonds is 5. The Morgan fingerprint density at radius 1 is 1.24 bits per heavy atom. The molecular formula is C19H19FN2O3. The van der Waals surface area contributed by atoms with Crippen LogP contribution in [0.25, 0.3) is 11.0 Å². The lowest BCUT2D eigenvalue weighted by molar-refractivity contribution is 0.216. The molecule has 1 atom stereocenters. The number of carbonyl (C=O) groups excluding carboxylic acids is 1. The zero-order valence-corrected chi connectivity index (χ0v) is 13.8. The molecule has 2 aromatic carbocycles. The van der Waals surface area contributed by atoms with E-state index in [2.05, 4.69) is 10.6 Å². The van der Waals surface area contributed by atoms with E-state index >= 15 is 0 Å². The molecule has 0 fully saturated rings. The Balaban J connectivity index is 1.65. The number of furan rings is 1. The molecule has 1 unspecified atom stereocenters. The molecule has 25 heavy (non-hydrogen) atoms. The highest BCUT2D eigenvalue weighted by Gasteiger charge is 2.15. The number of fused-ring (bicyclic) bond motifs is 1. The second-order valence-corrected chi connectivity index (χ2v) is 5.76. The molecule has 6 heteroatoms. The molecule has 5 nitrogen and oxygen atoms in total. The zero-order valence-electron chi connectivity index (χ0n) is 13.8. The minimum atomic E-state index is -0.493. The Hall–Kier alpha value is -2.86. The van der Waals surface area contributed by atoms with Crippen LogP contribution in [-0.4, -0.2) is 17.7 Å². The van der Waals surface area contributed by atoms with Gasteiger partial charge in [-0.25, -0.2) is 9.18 Å². The Labute approximate surface area is 144 Å². The Kier molecular flexibility index (Phi) is 5.00. The van der Waals surface area contributed by atoms with Crippen molar-refractivity contribution in [3.63, 3.8) is 0 Å². The Morgan fingerprint density at radius 2 is 2.00 bits per heavy atom. The van der Waals surface area contributed by atoms with Crippen molar-refractivity contribution in [3.05, 3.63) is 71.2 Å². The summed E-state index contributed by atoms with van der Waals surface area (Å²) in [5.74, 6) is 0.235. The SMILES string of the molecule is Cc1c(CNC(=O)NC(CO)c2ccccc2)oc2ccc(F)cc12. The molecule has 0 bridgehead atoms. The second kappa shape index (κ2) is 7.36. The van der Waals surface area contributed by atoms with Crippen LogP contribution in [0, 0.1) is 12.7 Å². The van der Waals surface area contributed by atoms with E-state index in [4.69, 9.17) is 4.42 Å². The van der Waals surface area contributed by atoms with Crippen LogP contribution >= 0.6 is 0 Å². The quantitative estimate of drug-likeness (QED) is 0.665. The van der Waals surface area contributed by atoms with Gasteiger partial charge in [-0.15, -0.1) is 0 Å². The van der Waals surface area contributed by atoms with Gasteiger partial charge < -0.3 is 20.2 Å². The van der Waals surface area contributed by atoms with E-state index in [0.717, 1.165) is 11.1 Å². The molecule has 3 rings (SSSR count). The van der Waals surface area contributed by atoms with Gasteiger partial charge in [0.05, 0.1) is 19.2 Å². The minimum absolute atomic E-state index is 0.168. The Bertz CT molecular complexity index is 877. The summed E-state index contributed by atoms with van der Waals surface area (Å²) in [5.41, 5.74) is 2.18. The van der Waals surface area contributed by atoms with E-state index in [-0.39, 0.29) is 19.0 Å². The van der Waals surface area contributed by atoms with E-state index in [1.165, 1.54) is 12.1 Å². The average molecular weight is 342 g/mol. The van der Waals surface area contributed by atoms with Crippen molar-refractivity contribution in [1.29, 1.82) is 0 Å². The van der Waals surface area contributed by atoms with Gasteiger partial charge in [-0.3, -0.25) is 0 Å². The van der Waals surface area contributed by atoms with Gasteiger partial charge in [0.2, 0.25) is 0 Å². The third-order valence-corrected chi connectivity index (χ3v) is 4.10. The summed E-state index contributed by atoms with van der Waals surface area (Å²) < 4.78 is 19.0. The van der Waals surface area contributed by atoms with Gasteiger partial charge in [-0.05, 0) is 30.7 Å². The van der Waals surface area contributed by atoms with Gasteiger partial charge in [0, 0.05) is 10.9 Å². The van der Waals surface area contributed by atoms with Crippen LogP contribution in [0.5, 0.6) is 0 Å². The standard InChI is InChI=1S/C19H19FN2O3/c1-12-15-9-14(20)7-8-17(15)25-18(12)10-21-19(24)22-16(11-23)13-5-3-2-4-6-13/h2-9,16,23H,10-11H2,1H3,(H2,21,22,24). The largest absolute Gasteiger partial charge is 0.459 e. The third kappa shape index (κ3) is 3.80. The summed E-state index contributed by atoms with van der Waals surface area (Å²) in [4.78, 5) is 12.1. The molecule has 2 amide bonds. The van der Waals surface area contributed by atoms with Gasteiger partial charge in [-0.1, -0.05) is 30.3 Å². The summed E-state index contributed by atoms with van der Waals surface area (Å²) in [5, 5.41) is 15.6. The van der Waals surface area contributed by atoms with Gasteiger partial charge >= 0.3 is 6.03 Å². The predicted octanol–water partition coefficient (Wildman–Crippen LogP) is 3.41. The summed E-state index contributed by atoms with van der Waals surface area (Å²) in [6.07, 6.45) is 0. The molecular weight excluding hydrogens is 323 g/mol. The molecule has 0 saturated carbocycles. The molecule has 3 N–H and O–H groups in total. The number of halogens is 1. The number of aliphatic hydroxyl groups is 1. The first-order valence-corrected chi connectivity index (χ1v) is 7.96. The summed E-state index contributed by atoms with van der Waals surface area (Å²) in [6, 6.07) is 12.6. The van der Waals surface area contributed by atoms with E-state index in [0.29, 0.717) is 16.7 Å². The van der Waals surface area contributed by atoms with Crippen LogP contribution in [0.2, 0.25) is 0 Å². The van der Waals surface area contributed by atoms with Crippen molar-refractivity contribution in [1.82, 2.24) is 10.6 Å². The van der Waals surface area contributed by atoms with E-state index in [9.17, 15) is 14.3 Å². The molecule has 0 aliphatic carbocycles. The van der Waals surface area contributed by atoms with Crippen molar-refractivity contribution in [2.75, 3.05) is 6.61 Å². The maximum absolute atomic E-state index is 13.3. The summed E-state index contributed by atoms with van der Waals surface area (Å²) >= 11 is 0. The summed E-state index contributed by atoms with van der Waals surface area (Å²) in [6.45, 7) is 1.78. The normalized spacial score (nSPS) is 12.1. The van der Waals surface area contributed by atoms with E-state index in [1.807, 2.05) is 37.3 Å². The van der Waals surface area contributed by atoms with Gasteiger partial charge in [-0.2, -0.15) is 0 Å². The van der Waals surface area contributed by atoms with Crippen LogP contribution in [0.3, 0.4) is 0 Å². The van der Waals surface area contributed by atoms with Gasteiger partial charge in [0.25, 0.3) is 0 Å². The number of hydrogen-bond acceptors (Lipinski definition) is 3. The highest BCUT2D eigenvalue weighted by atomic mass is 19.1. The van der Waals surface area contributed by atoms with Crippen molar-refractivity contribution in [3.8, 4) is 0 Å². The lowest BCUT2D eigenvalue weighted by Crippen LogP contribution is -2.38. The molecule has 130 valence electrons. The molecule has 1 aromatic heterocycles. The fraction of sp³-hybridized carbons (Fsp3) is 0.211. The molecule has 3 aromatic rings. The maximum Gasteiger partial charge on any atom is 0.315 e. The highest BCUT2D eigenvalue weighted by Crippen LogP contribution is 2.25. The topological polar surface area (TPSA) is 74.5 Å². The minimum Gasteiger partial charge on any atom is -0.459 e. The molecule has 0 aliphatic rings. The zero-order chi connectivity index (χ0) is 17.8. The number of urea groups is 1. The molecule has 0 radical (unpaired) electrons. The number of hydrogen-bond donors (Lipinski definition) is 3. The molecule has 0 spiro atoms. The van der Waals surface area contributed by atoms with Crippen LogP contribution in [0.15, 0.2) is 52.9 Å². The number of nitrogens with one attached hydrogen (secondary N) is 2. The average Bonchev–Trinajstić information content (AvgIpc) is 2.94. The first-order valence-electron chi connectivity index (χ1n) is 7.96. The molecule has 1 heterocycles. The van der Waals surface area contributed by atoms with Crippen LogP contribution in [0.4, 0.5) is 9.18 Å². The lowest BCUT2D eigenvalue weighted by Gasteiger charge is -2.17. The highest BCUT2D eigenvalue weighted by molar-refractivity contribution is 5.82. The maximum atomic E-state index is 13.3. The summed E-state index contributed by atoms with van der Waals surface area (Å²) in [7, 11) is 0. The van der Waals surface area contributed by atoms with Crippen LogP contribution < -0.4 is 10.6 Å². The van der Waals surface area contributed by atoms with Gasteiger partial charge in [0.15, 0.2) is 0 Å². The van der Waals surface area contributed by atoms with E-state index < -0.39 is 12.1 Å². The first-order chi connectivity index (χ1) is 12.1. The lowest BCUT2D eigenvalue weighted by atomic mass is 10.1. The fourth-order valence-corrected chi connectivity index (χ4v) is 2.70. The fourth-order valence-electron chi connectivity index (χ4n) is 2.70.